The first kappa shape index (κ1) is 22.6. The van der Waals surface area contributed by atoms with Crippen LogP contribution in [0, 0.1) is 0 Å². The normalized spacial score (nSPS) is 16.5. The van der Waals surface area contributed by atoms with Crippen molar-refractivity contribution in [2.75, 3.05) is 33.5 Å². The lowest BCUT2D eigenvalue weighted by atomic mass is 10.1. The number of amides is 1. The molecule has 3 aromatic rings. The minimum atomic E-state index is -0.0910. The Kier molecular flexibility index (Phi) is 6.66. The SMILES string of the molecule is COCCCN1C(=O)/C(=C/c2cn(-c3ccccc3)nc2-c2ccc3c(c2)OCCO3)SC1=S. The monoisotopic (exact) mass is 493 g/mol. The van der Waals surface area contributed by atoms with Gasteiger partial charge in [-0.3, -0.25) is 9.69 Å². The van der Waals surface area contributed by atoms with Crippen molar-refractivity contribution in [1.29, 1.82) is 0 Å². The number of benzene rings is 2. The summed E-state index contributed by atoms with van der Waals surface area (Å²) >= 11 is 6.78. The van der Waals surface area contributed by atoms with E-state index in [4.69, 9.17) is 31.5 Å². The summed E-state index contributed by atoms with van der Waals surface area (Å²) in [6, 6.07) is 15.6. The van der Waals surface area contributed by atoms with Gasteiger partial charge in [0.1, 0.15) is 23.2 Å². The molecular weight excluding hydrogens is 470 g/mol. The molecular formula is C25H23N3O4S2. The largest absolute Gasteiger partial charge is 0.486 e. The van der Waals surface area contributed by atoms with Gasteiger partial charge in [-0.1, -0.05) is 42.2 Å². The number of carbonyl (C=O) groups excluding carboxylic acids is 1. The fourth-order valence-corrected chi connectivity index (χ4v) is 5.12. The Balaban J connectivity index is 1.53. The minimum Gasteiger partial charge on any atom is -0.486 e. The van der Waals surface area contributed by atoms with Crippen LogP contribution in [0.1, 0.15) is 12.0 Å². The first-order valence-electron chi connectivity index (χ1n) is 10.9. The van der Waals surface area contributed by atoms with E-state index in [2.05, 4.69) is 0 Å². The number of hydrogen-bond donors (Lipinski definition) is 0. The molecule has 5 rings (SSSR count). The van der Waals surface area contributed by atoms with Crippen molar-refractivity contribution in [1.82, 2.24) is 14.7 Å². The summed E-state index contributed by atoms with van der Waals surface area (Å²) in [7, 11) is 1.65. The number of fused-ring (bicyclic) bond motifs is 1. The van der Waals surface area contributed by atoms with Crippen molar-refractivity contribution >= 4 is 40.3 Å². The van der Waals surface area contributed by atoms with Gasteiger partial charge in [-0.2, -0.15) is 5.10 Å². The number of nitrogens with zero attached hydrogens (tertiary/aromatic N) is 3. The number of ether oxygens (including phenoxy) is 3. The highest BCUT2D eigenvalue weighted by Crippen LogP contribution is 2.38. The lowest BCUT2D eigenvalue weighted by Crippen LogP contribution is -2.29. The van der Waals surface area contributed by atoms with Gasteiger partial charge in [0.05, 0.1) is 10.6 Å². The van der Waals surface area contributed by atoms with E-state index in [1.807, 2.05) is 65.5 Å². The lowest BCUT2D eigenvalue weighted by Gasteiger charge is -2.18. The van der Waals surface area contributed by atoms with E-state index in [9.17, 15) is 4.79 Å². The average molecular weight is 494 g/mol. The van der Waals surface area contributed by atoms with Crippen LogP contribution in [-0.4, -0.2) is 58.4 Å². The first-order chi connectivity index (χ1) is 16.6. The summed E-state index contributed by atoms with van der Waals surface area (Å²) in [5.74, 6) is 1.32. The van der Waals surface area contributed by atoms with Crippen molar-refractivity contribution in [3.05, 3.63) is 65.2 Å². The molecule has 0 radical (unpaired) electrons. The van der Waals surface area contributed by atoms with E-state index in [-0.39, 0.29) is 5.91 Å². The van der Waals surface area contributed by atoms with Gasteiger partial charge in [0.25, 0.3) is 5.91 Å². The minimum absolute atomic E-state index is 0.0910. The van der Waals surface area contributed by atoms with Crippen LogP contribution in [-0.2, 0) is 9.53 Å². The molecule has 0 spiro atoms. The Morgan fingerprint density at radius 3 is 2.74 bits per heavy atom. The van der Waals surface area contributed by atoms with E-state index in [0.29, 0.717) is 41.3 Å². The maximum Gasteiger partial charge on any atom is 0.266 e. The number of hydrogen-bond acceptors (Lipinski definition) is 7. The van der Waals surface area contributed by atoms with E-state index >= 15 is 0 Å². The van der Waals surface area contributed by atoms with E-state index in [1.54, 1.807) is 12.0 Å². The van der Waals surface area contributed by atoms with Crippen molar-refractivity contribution in [3.63, 3.8) is 0 Å². The van der Waals surface area contributed by atoms with Gasteiger partial charge in [0.2, 0.25) is 0 Å². The Hall–Kier alpha value is -3.14. The van der Waals surface area contributed by atoms with Gasteiger partial charge in [-0.25, -0.2) is 4.68 Å². The summed E-state index contributed by atoms with van der Waals surface area (Å²) in [4.78, 5) is 15.3. The molecule has 0 N–H and O–H groups in total. The maximum absolute atomic E-state index is 13.1. The molecule has 2 aliphatic rings. The van der Waals surface area contributed by atoms with Crippen molar-refractivity contribution in [3.8, 4) is 28.4 Å². The number of rotatable bonds is 7. The molecule has 1 saturated heterocycles. The van der Waals surface area contributed by atoms with E-state index < -0.39 is 0 Å². The first-order valence-corrected chi connectivity index (χ1v) is 12.2. The molecule has 0 unspecified atom stereocenters. The molecule has 2 aromatic carbocycles. The molecule has 3 heterocycles. The van der Waals surface area contributed by atoms with Gasteiger partial charge in [-0.15, -0.1) is 0 Å². The van der Waals surface area contributed by atoms with E-state index in [0.717, 1.165) is 34.7 Å². The van der Waals surface area contributed by atoms with Gasteiger partial charge < -0.3 is 14.2 Å². The van der Waals surface area contributed by atoms with Crippen molar-refractivity contribution < 1.29 is 19.0 Å². The number of carbonyl (C=O) groups is 1. The number of para-hydroxylation sites is 1. The second-order valence-electron chi connectivity index (χ2n) is 7.75. The van der Waals surface area contributed by atoms with Gasteiger partial charge in [0, 0.05) is 37.6 Å². The third-order valence-electron chi connectivity index (χ3n) is 5.47. The van der Waals surface area contributed by atoms with Crippen LogP contribution in [0.15, 0.2) is 59.6 Å². The van der Waals surface area contributed by atoms with Crippen molar-refractivity contribution in [2.45, 2.75) is 6.42 Å². The van der Waals surface area contributed by atoms with Crippen LogP contribution in [0.2, 0.25) is 0 Å². The molecule has 34 heavy (non-hydrogen) atoms. The topological polar surface area (TPSA) is 65.8 Å². The summed E-state index contributed by atoms with van der Waals surface area (Å²) < 4.78 is 18.9. The third kappa shape index (κ3) is 4.59. The smallest absolute Gasteiger partial charge is 0.266 e. The zero-order chi connectivity index (χ0) is 23.5. The Bertz CT molecular complexity index is 1260. The molecule has 0 aliphatic carbocycles. The molecule has 2 aliphatic heterocycles. The van der Waals surface area contributed by atoms with Crippen LogP contribution in [0.25, 0.3) is 23.0 Å². The van der Waals surface area contributed by atoms with Gasteiger partial charge in [0.15, 0.2) is 11.5 Å². The highest BCUT2D eigenvalue weighted by molar-refractivity contribution is 8.26. The second kappa shape index (κ2) is 10.0. The summed E-state index contributed by atoms with van der Waals surface area (Å²) in [5.41, 5.74) is 3.36. The Morgan fingerprint density at radius 2 is 1.94 bits per heavy atom. The number of thiocarbonyl (C=S) groups is 1. The maximum atomic E-state index is 13.1. The van der Waals surface area contributed by atoms with Gasteiger partial charge in [-0.05, 0) is 42.8 Å². The van der Waals surface area contributed by atoms with Crippen LogP contribution in [0.4, 0.5) is 0 Å². The highest BCUT2D eigenvalue weighted by Gasteiger charge is 2.32. The molecule has 0 bridgehead atoms. The zero-order valence-electron chi connectivity index (χ0n) is 18.6. The molecule has 7 nitrogen and oxygen atoms in total. The lowest BCUT2D eigenvalue weighted by molar-refractivity contribution is -0.122. The fraction of sp³-hybridized carbons (Fsp3) is 0.240. The predicted molar refractivity (Wildman–Crippen MR) is 136 cm³/mol. The molecule has 9 heteroatoms. The predicted octanol–water partition coefficient (Wildman–Crippen LogP) is 4.55. The van der Waals surface area contributed by atoms with Gasteiger partial charge >= 0.3 is 0 Å². The fourth-order valence-electron chi connectivity index (χ4n) is 3.82. The van der Waals surface area contributed by atoms with Crippen molar-refractivity contribution in [2.24, 2.45) is 0 Å². The summed E-state index contributed by atoms with van der Waals surface area (Å²) in [5, 5.41) is 4.86. The zero-order valence-corrected chi connectivity index (χ0v) is 20.2. The van der Waals surface area contributed by atoms with Crippen LogP contribution in [0.3, 0.4) is 0 Å². The molecule has 0 saturated carbocycles. The van der Waals surface area contributed by atoms with E-state index in [1.165, 1.54) is 11.8 Å². The molecule has 0 atom stereocenters. The standard InChI is InChI=1S/C25H23N3O4S2/c1-30-11-5-10-27-24(29)22(34-25(27)33)15-18-16-28(19-6-3-2-4-7-19)26-23(18)17-8-9-20-21(14-17)32-13-12-31-20/h2-4,6-9,14-16H,5,10-13H2,1H3/b22-15-. The second-order valence-corrected chi connectivity index (χ2v) is 9.43. The average Bonchev–Trinajstić information content (AvgIpc) is 3.41. The highest BCUT2D eigenvalue weighted by atomic mass is 32.2. The number of aromatic nitrogens is 2. The summed E-state index contributed by atoms with van der Waals surface area (Å²) in [6.07, 6.45) is 4.53. The van der Waals surface area contributed by atoms with Crippen LogP contribution >= 0.6 is 24.0 Å². The Labute approximate surface area is 207 Å². The molecule has 174 valence electrons. The molecule has 1 aromatic heterocycles. The molecule has 1 fully saturated rings. The van der Waals surface area contributed by atoms with Crippen LogP contribution in [0.5, 0.6) is 11.5 Å². The molecule has 1 amide bonds. The number of thioether (sulfide) groups is 1. The third-order valence-corrected chi connectivity index (χ3v) is 6.85. The number of methoxy groups -OCH3 is 1. The Morgan fingerprint density at radius 1 is 1.15 bits per heavy atom. The quantitative estimate of drug-likeness (QED) is 0.272. The summed E-state index contributed by atoms with van der Waals surface area (Å²) in [6.45, 7) is 2.15. The van der Waals surface area contributed by atoms with Crippen LogP contribution < -0.4 is 9.47 Å².